The fourth-order valence-corrected chi connectivity index (χ4v) is 3.23. The van der Waals surface area contributed by atoms with E-state index in [0.717, 1.165) is 12.8 Å². The lowest BCUT2D eigenvalue weighted by Gasteiger charge is -2.14. The number of fused-ring (bicyclic) bond motifs is 3. The van der Waals surface area contributed by atoms with Gasteiger partial charge in [-0.05, 0) is 37.5 Å². The van der Waals surface area contributed by atoms with Crippen LogP contribution in [0.1, 0.15) is 34.8 Å². The van der Waals surface area contributed by atoms with E-state index in [2.05, 4.69) is 30.2 Å². The van der Waals surface area contributed by atoms with Crippen molar-refractivity contribution in [1.82, 2.24) is 39.7 Å². The summed E-state index contributed by atoms with van der Waals surface area (Å²) in [5, 5.41) is 11.2. The smallest absolute Gasteiger partial charge is 0.290 e. The number of aryl methyl sites for hydroxylation is 2. The molecule has 0 aliphatic heterocycles. The number of nitrogens with zero attached hydrogens (tertiary/aromatic N) is 7. The Balaban J connectivity index is 1.46. The lowest BCUT2D eigenvalue weighted by atomic mass is 10.1. The van der Waals surface area contributed by atoms with Crippen molar-refractivity contribution in [1.29, 1.82) is 0 Å². The molecule has 0 saturated heterocycles. The minimum absolute atomic E-state index is 0.207. The number of nitrogens with two attached hydrogens (primary N) is 1. The maximum Gasteiger partial charge on any atom is 0.290 e. The van der Waals surface area contributed by atoms with Crippen LogP contribution in [0.15, 0.2) is 18.5 Å². The van der Waals surface area contributed by atoms with Crippen molar-refractivity contribution < 1.29 is 9.18 Å². The van der Waals surface area contributed by atoms with Crippen molar-refractivity contribution in [3.05, 3.63) is 41.5 Å². The number of aromatic nitrogens is 7. The van der Waals surface area contributed by atoms with E-state index in [0.29, 0.717) is 40.9 Å². The number of nitrogens with one attached hydrogen (secondary N) is 1. The van der Waals surface area contributed by atoms with Gasteiger partial charge in [0.1, 0.15) is 12.1 Å². The normalized spacial score (nSPS) is 11.4. The van der Waals surface area contributed by atoms with Crippen LogP contribution in [0.25, 0.3) is 16.6 Å². The molecule has 0 spiro atoms. The van der Waals surface area contributed by atoms with Crippen LogP contribution in [0, 0.1) is 12.7 Å². The third-order valence-corrected chi connectivity index (χ3v) is 4.71. The molecule has 0 atom stereocenters. The summed E-state index contributed by atoms with van der Waals surface area (Å²) in [6, 6.07) is 2.81. The molecule has 1 amide bonds. The number of unbranched alkanes of at least 4 members (excludes halogenated alkanes) is 1. The monoisotopic (exact) mass is 397 g/mol. The summed E-state index contributed by atoms with van der Waals surface area (Å²) in [5.41, 5.74) is 7.81. The van der Waals surface area contributed by atoms with Crippen molar-refractivity contribution >= 4 is 28.4 Å². The second-order valence-corrected chi connectivity index (χ2v) is 6.87. The van der Waals surface area contributed by atoms with Crippen molar-refractivity contribution in [2.24, 2.45) is 0 Å². The zero-order valence-corrected chi connectivity index (χ0v) is 16.1. The summed E-state index contributed by atoms with van der Waals surface area (Å²) >= 11 is 0. The van der Waals surface area contributed by atoms with Gasteiger partial charge in [-0.25, -0.2) is 19.3 Å². The maximum absolute atomic E-state index is 13.9. The first-order valence-corrected chi connectivity index (χ1v) is 9.16. The first-order valence-electron chi connectivity index (χ1n) is 9.16. The molecule has 4 rings (SSSR count). The zero-order valence-electron chi connectivity index (χ0n) is 16.1. The summed E-state index contributed by atoms with van der Waals surface area (Å²) in [6.45, 7) is 2.34. The van der Waals surface area contributed by atoms with Crippen molar-refractivity contribution in [2.45, 2.75) is 26.2 Å². The number of amides is 1. The molecule has 11 heteroatoms. The molecule has 0 bridgehead atoms. The molecule has 0 fully saturated rings. The van der Waals surface area contributed by atoms with Crippen LogP contribution in [-0.2, 0) is 6.42 Å². The van der Waals surface area contributed by atoms with Crippen LogP contribution in [0.2, 0.25) is 0 Å². The average Bonchev–Trinajstić information content (AvgIpc) is 3.36. The number of benzene rings is 1. The first-order chi connectivity index (χ1) is 13.9. The van der Waals surface area contributed by atoms with Gasteiger partial charge in [0, 0.05) is 25.4 Å². The van der Waals surface area contributed by atoms with Crippen molar-refractivity contribution in [2.75, 3.05) is 19.3 Å². The molecule has 0 aliphatic carbocycles. The number of nitrogen functional groups attached to an aromatic ring is 1. The summed E-state index contributed by atoms with van der Waals surface area (Å²) in [6.07, 6.45) is 3.42. The fraction of sp³-hybridized carbons (Fsp3) is 0.333. The van der Waals surface area contributed by atoms with E-state index in [9.17, 15) is 9.18 Å². The van der Waals surface area contributed by atoms with E-state index >= 15 is 0 Å². The molecule has 1 aromatic carbocycles. The Labute approximate surface area is 165 Å². The number of rotatable bonds is 6. The predicted octanol–water partition coefficient (Wildman–Crippen LogP) is 1.52. The van der Waals surface area contributed by atoms with Gasteiger partial charge in [0.2, 0.25) is 11.8 Å². The zero-order chi connectivity index (χ0) is 20.5. The molecular weight excluding hydrogens is 377 g/mol. The van der Waals surface area contributed by atoms with E-state index in [1.807, 2.05) is 0 Å². The minimum atomic E-state index is -0.354. The second-order valence-electron chi connectivity index (χ2n) is 6.87. The first kappa shape index (κ1) is 18.7. The summed E-state index contributed by atoms with van der Waals surface area (Å²) < 4.78 is 15.3. The Morgan fingerprint density at radius 3 is 2.90 bits per heavy atom. The third-order valence-electron chi connectivity index (χ3n) is 4.71. The molecule has 4 aromatic rings. The van der Waals surface area contributed by atoms with Crippen LogP contribution in [0.4, 0.5) is 10.3 Å². The number of H-pyrrole nitrogens is 1. The largest absolute Gasteiger partial charge is 0.368 e. The SMILES string of the molecule is Cc1cc(F)cc2c1nc(N)n1nc(CCCCN(C)C(=O)c3ncn[nH]3)nc21. The molecule has 29 heavy (non-hydrogen) atoms. The molecule has 0 aliphatic rings. The van der Waals surface area contributed by atoms with Crippen LogP contribution in [0.5, 0.6) is 0 Å². The molecule has 3 N–H and O–H groups in total. The van der Waals surface area contributed by atoms with Gasteiger partial charge in [0.25, 0.3) is 5.91 Å². The predicted molar refractivity (Wildman–Crippen MR) is 104 cm³/mol. The third kappa shape index (κ3) is 3.58. The number of carbonyl (C=O) groups excluding carboxylic acids is 1. The number of aromatic amines is 1. The molecule has 0 unspecified atom stereocenters. The fourth-order valence-electron chi connectivity index (χ4n) is 3.23. The Hall–Kier alpha value is -3.63. The standard InChI is InChI=1S/C18H20FN9O/c1-10-7-11(19)8-12-14(10)24-18(20)28-16(12)23-13(26-28)5-3-4-6-27(2)17(29)15-21-9-22-25-15/h7-9H,3-6H2,1-2H3,(H2,20,24)(H,21,22,25). The molecule has 0 saturated carbocycles. The Morgan fingerprint density at radius 1 is 1.31 bits per heavy atom. The second kappa shape index (κ2) is 7.41. The van der Waals surface area contributed by atoms with Gasteiger partial charge in [0.15, 0.2) is 11.5 Å². The van der Waals surface area contributed by atoms with Crippen LogP contribution < -0.4 is 5.73 Å². The van der Waals surface area contributed by atoms with E-state index in [4.69, 9.17) is 5.73 Å². The van der Waals surface area contributed by atoms with Gasteiger partial charge in [-0.2, -0.15) is 9.61 Å². The number of hydrogen-bond donors (Lipinski definition) is 2. The van der Waals surface area contributed by atoms with E-state index in [-0.39, 0.29) is 23.5 Å². The van der Waals surface area contributed by atoms with Gasteiger partial charge in [-0.3, -0.25) is 9.89 Å². The number of halogens is 1. The summed E-state index contributed by atoms with van der Waals surface area (Å²) in [5.74, 6) is 0.450. The Morgan fingerprint density at radius 2 is 2.14 bits per heavy atom. The van der Waals surface area contributed by atoms with Gasteiger partial charge in [0.05, 0.1) is 5.52 Å². The maximum atomic E-state index is 13.9. The van der Waals surface area contributed by atoms with Gasteiger partial charge < -0.3 is 10.6 Å². The van der Waals surface area contributed by atoms with Gasteiger partial charge >= 0.3 is 0 Å². The van der Waals surface area contributed by atoms with Crippen molar-refractivity contribution in [3.8, 4) is 0 Å². The molecule has 150 valence electrons. The average molecular weight is 397 g/mol. The quantitative estimate of drug-likeness (QED) is 0.472. The topological polar surface area (TPSA) is 131 Å². The summed E-state index contributed by atoms with van der Waals surface area (Å²) in [7, 11) is 1.71. The highest BCUT2D eigenvalue weighted by atomic mass is 19.1. The lowest BCUT2D eigenvalue weighted by molar-refractivity contribution is 0.0781. The highest BCUT2D eigenvalue weighted by molar-refractivity contribution is 5.94. The Bertz CT molecular complexity index is 1190. The minimum Gasteiger partial charge on any atom is -0.368 e. The highest BCUT2D eigenvalue weighted by Gasteiger charge is 2.16. The number of hydrogen-bond acceptors (Lipinski definition) is 7. The van der Waals surface area contributed by atoms with E-state index in [1.54, 1.807) is 18.9 Å². The van der Waals surface area contributed by atoms with E-state index < -0.39 is 0 Å². The van der Waals surface area contributed by atoms with Gasteiger partial charge in [-0.15, -0.1) is 5.10 Å². The van der Waals surface area contributed by atoms with Gasteiger partial charge in [-0.1, -0.05) is 0 Å². The lowest BCUT2D eigenvalue weighted by Crippen LogP contribution is -2.28. The van der Waals surface area contributed by atoms with Crippen molar-refractivity contribution in [3.63, 3.8) is 0 Å². The molecule has 10 nitrogen and oxygen atoms in total. The molecule has 0 radical (unpaired) electrons. The van der Waals surface area contributed by atoms with Crippen LogP contribution in [0.3, 0.4) is 0 Å². The number of anilines is 1. The molecular formula is C18H20FN9O. The van der Waals surface area contributed by atoms with Crippen LogP contribution in [-0.4, -0.2) is 59.2 Å². The van der Waals surface area contributed by atoms with E-state index in [1.165, 1.54) is 23.0 Å². The molecule has 3 aromatic heterocycles. The highest BCUT2D eigenvalue weighted by Crippen LogP contribution is 2.24. The summed E-state index contributed by atoms with van der Waals surface area (Å²) in [4.78, 5) is 26.4. The number of carbonyl (C=O) groups is 1. The Kier molecular flexibility index (Phi) is 4.79. The molecule has 3 heterocycles. The van der Waals surface area contributed by atoms with Crippen LogP contribution >= 0.6 is 0 Å².